The Morgan fingerprint density at radius 2 is 1.26 bits per heavy atom. The number of carbonyl (C=O) groups is 2. The minimum atomic E-state index is -4.89. The van der Waals surface area contributed by atoms with E-state index >= 15 is 0 Å². The van der Waals surface area contributed by atoms with Crippen LogP contribution in [0.15, 0.2) is 84.9 Å². The van der Waals surface area contributed by atoms with Crippen LogP contribution >= 0.6 is 0 Å². The summed E-state index contributed by atoms with van der Waals surface area (Å²) >= 11 is 0. The van der Waals surface area contributed by atoms with E-state index in [1.54, 1.807) is 14.1 Å². The van der Waals surface area contributed by atoms with Crippen LogP contribution < -0.4 is 25.6 Å². The summed E-state index contributed by atoms with van der Waals surface area (Å²) < 4.78 is 42.5. The predicted molar refractivity (Wildman–Crippen MR) is 171 cm³/mol. The SMILES string of the molecule is CNc1cc(C(C)C2(C(C)c3cc(NC)nc4ccccc34)NC(=O)N(c3ccc(OC(F)(F)F)cc3)C2=O)c2ccccc2n1. The number of rotatable bonds is 8. The van der Waals surface area contributed by atoms with Crippen LogP contribution in [-0.4, -0.2) is 47.9 Å². The van der Waals surface area contributed by atoms with E-state index < -0.39 is 41.4 Å². The summed E-state index contributed by atoms with van der Waals surface area (Å²) in [5.41, 5.74) is 1.52. The van der Waals surface area contributed by atoms with Gasteiger partial charge in [0.1, 0.15) is 22.9 Å². The minimum Gasteiger partial charge on any atom is -0.406 e. The fraction of sp³-hybridized carbons (Fsp3) is 0.235. The number of nitrogens with zero attached hydrogens (tertiary/aromatic N) is 3. The van der Waals surface area contributed by atoms with Crippen molar-refractivity contribution in [2.75, 3.05) is 29.6 Å². The van der Waals surface area contributed by atoms with E-state index in [2.05, 4.69) is 30.7 Å². The highest BCUT2D eigenvalue weighted by Crippen LogP contribution is 2.48. The van der Waals surface area contributed by atoms with Gasteiger partial charge in [-0.05, 0) is 59.7 Å². The molecule has 3 N–H and O–H groups in total. The second-order valence-electron chi connectivity index (χ2n) is 11.2. The number of imide groups is 1. The Hall–Kier alpha value is -5.39. The Bertz CT molecular complexity index is 1870. The Morgan fingerprint density at radius 3 is 1.72 bits per heavy atom. The van der Waals surface area contributed by atoms with Crippen LogP contribution in [0, 0.1) is 0 Å². The van der Waals surface area contributed by atoms with Gasteiger partial charge in [-0.25, -0.2) is 19.7 Å². The number of pyridine rings is 2. The molecular weight excluding hydrogens is 597 g/mol. The van der Waals surface area contributed by atoms with Gasteiger partial charge in [0.05, 0.1) is 16.7 Å². The summed E-state index contributed by atoms with van der Waals surface area (Å²) in [7, 11) is 3.51. The van der Waals surface area contributed by atoms with Gasteiger partial charge in [-0.3, -0.25) is 4.79 Å². The molecule has 46 heavy (non-hydrogen) atoms. The predicted octanol–water partition coefficient (Wildman–Crippen LogP) is 7.17. The third-order valence-corrected chi connectivity index (χ3v) is 8.71. The Kier molecular flexibility index (Phi) is 7.67. The number of benzene rings is 3. The van der Waals surface area contributed by atoms with Gasteiger partial charge in [-0.15, -0.1) is 13.2 Å². The van der Waals surface area contributed by atoms with Crippen molar-refractivity contribution >= 4 is 51.1 Å². The largest absolute Gasteiger partial charge is 0.573 e. The fourth-order valence-electron chi connectivity index (χ4n) is 6.42. The van der Waals surface area contributed by atoms with Crippen LogP contribution in [0.3, 0.4) is 0 Å². The zero-order valence-electron chi connectivity index (χ0n) is 25.4. The van der Waals surface area contributed by atoms with E-state index in [4.69, 9.17) is 0 Å². The number of urea groups is 1. The summed E-state index contributed by atoms with van der Waals surface area (Å²) in [4.78, 5) is 39.2. The summed E-state index contributed by atoms with van der Waals surface area (Å²) in [5.74, 6) is -1.10. The zero-order valence-corrected chi connectivity index (χ0v) is 25.4. The molecule has 0 radical (unpaired) electrons. The fourth-order valence-corrected chi connectivity index (χ4v) is 6.42. The molecule has 2 atom stereocenters. The van der Waals surface area contributed by atoms with E-state index in [-0.39, 0.29) is 5.69 Å². The lowest BCUT2D eigenvalue weighted by Gasteiger charge is -2.39. The number of para-hydroxylation sites is 2. The lowest BCUT2D eigenvalue weighted by molar-refractivity contribution is -0.274. The second-order valence-corrected chi connectivity index (χ2v) is 11.2. The topological polar surface area (TPSA) is 108 Å². The quantitative estimate of drug-likeness (QED) is 0.156. The molecule has 2 aromatic heterocycles. The van der Waals surface area contributed by atoms with Crippen molar-refractivity contribution in [3.63, 3.8) is 0 Å². The number of carbonyl (C=O) groups excluding carboxylic acids is 2. The minimum absolute atomic E-state index is 0.101. The smallest absolute Gasteiger partial charge is 0.406 e. The van der Waals surface area contributed by atoms with Crippen molar-refractivity contribution in [3.8, 4) is 5.75 Å². The third kappa shape index (κ3) is 5.19. The molecule has 3 heterocycles. The Morgan fingerprint density at radius 1 is 0.783 bits per heavy atom. The number of hydrogen-bond acceptors (Lipinski definition) is 7. The number of hydrogen-bond donors (Lipinski definition) is 3. The number of halogens is 3. The van der Waals surface area contributed by atoms with Crippen LogP contribution in [0.2, 0.25) is 0 Å². The molecule has 0 bridgehead atoms. The molecule has 12 heteroatoms. The number of anilines is 3. The molecule has 3 amide bonds. The Balaban J connectivity index is 1.55. The highest BCUT2D eigenvalue weighted by molar-refractivity contribution is 6.24. The lowest BCUT2D eigenvalue weighted by atomic mass is 9.68. The summed E-state index contributed by atoms with van der Waals surface area (Å²) in [6, 6.07) is 22.8. The van der Waals surface area contributed by atoms with Crippen LogP contribution in [0.25, 0.3) is 21.8 Å². The van der Waals surface area contributed by atoms with Gasteiger partial charge in [-0.1, -0.05) is 50.2 Å². The van der Waals surface area contributed by atoms with Crippen molar-refractivity contribution in [2.24, 2.45) is 0 Å². The van der Waals surface area contributed by atoms with E-state index in [0.717, 1.165) is 38.9 Å². The molecule has 0 spiro atoms. The molecule has 1 aliphatic rings. The number of nitrogens with one attached hydrogen (secondary N) is 3. The lowest BCUT2D eigenvalue weighted by Crippen LogP contribution is -2.55. The first kappa shape index (κ1) is 30.6. The molecular formula is C34H31F3N6O3. The molecule has 1 saturated heterocycles. The maximum absolute atomic E-state index is 14.9. The zero-order chi connectivity index (χ0) is 32.8. The van der Waals surface area contributed by atoms with Gasteiger partial charge in [-0.2, -0.15) is 0 Å². The standard InChI is InChI=1S/C34H31F3N6O3/c1-19(25-17-29(38-3)40-27-11-7-5-9-23(25)27)33(20(2)26-18-30(39-4)41-28-12-8-6-10-24(26)28)31(44)43(32(45)42-33)21-13-15-22(16-14-21)46-34(35,36)37/h5-20H,1-4H3,(H,38,40)(H,39,41)(H,42,45). The van der Waals surface area contributed by atoms with Gasteiger partial charge in [0.15, 0.2) is 0 Å². The molecule has 236 valence electrons. The molecule has 1 fully saturated rings. The van der Waals surface area contributed by atoms with E-state index in [1.807, 2.05) is 74.5 Å². The molecule has 0 aliphatic carbocycles. The van der Waals surface area contributed by atoms with Gasteiger partial charge in [0, 0.05) is 36.7 Å². The molecule has 5 aromatic rings. The first-order valence-corrected chi connectivity index (χ1v) is 14.6. The maximum Gasteiger partial charge on any atom is 0.573 e. The van der Waals surface area contributed by atoms with E-state index in [0.29, 0.717) is 22.7 Å². The number of amides is 3. The normalized spacial score (nSPS) is 18.0. The molecule has 3 aromatic carbocycles. The average Bonchev–Trinajstić information content (AvgIpc) is 3.32. The van der Waals surface area contributed by atoms with Crippen LogP contribution in [0.1, 0.15) is 36.8 Å². The number of ether oxygens (including phenoxy) is 1. The molecule has 0 saturated carbocycles. The van der Waals surface area contributed by atoms with Crippen molar-refractivity contribution in [1.82, 2.24) is 15.3 Å². The first-order chi connectivity index (χ1) is 22.0. The van der Waals surface area contributed by atoms with Gasteiger partial charge in [0.2, 0.25) is 0 Å². The van der Waals surface area contributed by atoms with Gasteiger partial charge >= 0.3 is 12.4 Å². The van der Waals surface area contributed by atoms with Crippen molar-refractivity contribution < 1.29 is 27.5 Å². The van der Waals surface area contributed by atoms with E-state index in [9.17, 15) is 22.8 Å². The number of alkyl halides is 3. The van der Waals surface area contributed by atoms with Crippen LogP contribution in [-0.2, 0) is 4.79 Å². The van der Waals surface area contributed by atoms with Gasteiger partial charge < -0.3 is 20.7 Å². The molecule has 2 unspecified atom stereocenters. The maximum atomic E-state index is 14.9. The van der Waals surface area contributed by atoms with Gasteiger partial charge in [0.25, 0.3) is 5.91 Å². The summed E-state index contributed by atoms with van der Waals surface area (Å²) in [6.45, 7) is 3.78. The summed E-state index contributed by atoms with van der Waals surface area (Å²) in [6.07, 6.45) is -4.89. The summed E-state index contributed by atoms with van der Waals surface area (Å²) in [5, 5.41) is 10.9. The molecule has 1 aliphatic heterocycles. The highest BCUT2D eigenvalue weighted by atomic mass is 19.4. The second kappa shape index (κ2) is 11.5. The van der Waals surface area contributed by atoms with Crippen molar-refractivity contribution in [1.29, 1.82) is 0 Å². The monoisotopic (exact) mass is 628 g/mol. The number of fused-ring (bicyclic) bond motifs is 2. The van der Waals surface area contributed by atoms with Crippen molar-refractivity contribution in [2.45, 2.75) is 37.6 Å². The highest BCUT2D eigenvalue weighted by Gasteiger charge is 2.59. The Labute approximate surface area is 262 Å². The first-order valence-electron chi connectivity index (χ1n) is 14.6. The van der Waals surface area contributed by atoms with Crippen LogP contribution in [0.4, 0.5) is 35.3 Å². The van der Waals surface area contributed by atoms with Crippen molar-refractivity contribution in [3.05, 3.63) is 96.1 Å². The number of aromatic nitrogens is 2. The molecule has 6 rings (SSSR count). The average molecular weight is 629 g/mol. The third-order valence-electron chi connectivity index (χ3n) is 8.71. The van der Waals surface area contributed by atoms with E-state index in [1.165, 1.54) is 12.1 Å². The molecule has 9 nitrogen and oxygen atoms in total. The van der Waals surface area contributed by atoms with Crippen LogP contribution in [0.5, 0.6) is 5.75 Å².